The van der Waals surface area contributed by atoms with Crippen LogP contribution in [0.2, 0.25) is 0 Å². The number of alkyl halides is 3. The molecule has 2 aromatic carbocycles. The molecule has 36 heavy (non-hydrogen) atoms. The Hall–Kier alpha value is -2.82. The zero-order valence-corrected chi connectivity index (χ0v) is 21.3. The summed E-state index contributed by atoms with van der Waals surface area (Å²) in [6, 6.07) is 8.65. The van der Waals surface area contributed by atoms with E-state index in [1.807, 2.05) is 10.2 Å². The van der Waals surface area contributed by atoms with Crippen LogP contribution in [0.1, 0.15) is 24.5 Å². The van der Waals surface area contributed by atoms with Crippen molar-refractivity contribution in [2.75, 3.05) is 6.61 Å². The van der Waals surface area contributed by atoms with Crippen LogP contribution in [0, 0.1) is 23.6 Å². The third-order valence-electron chi connectivity index (χ3n) is 6.41. The summed E-state index contributed by atoms with van der Waals surface area (Å²) >= 11 is -0.459. The zero-order valence-electron chi connectivity index (χ0n) is 19.1. The SMILES string of the molecule is CCOC(=O)[C@H]1[C@@H]2CC3=CC(OCc4cc(Oc5ccccc5C(F)(F)F)ccc4F)=C[I-]C=C3[C@@H]21. The minimum absolute atomic E-state index is 0.0564. The number of benzene rings is 2. The van der Waals surface area contributed by atoms with E-state index in [9.17, 15) is 22.4 Å². The molecule has 9 heteroatoms. The van der Waals surface area contributed by atoms with Crippen molar-refractivity contribution in [2.24, 2.45) is 17.8 Å². The Morgan fingerprint density at radius 3 is 2.72 bits per heavy atom. The number of para-hydroxylation sites is 1. The molecule has 0 spiro atoms. The fourth-order valence-corrected chi connectivity index (χ4v) is 6.82. The second kappa shape index (κ2) is 9.91. The average molecular weight is 613 g/mol. The molecule has 1 aliphatic heterocycles. The number of carbonyl (C=O) groups excluding carboxylic acids is 1. The van der Waals surface area contributed by atoms with Crippen molar-refractivity contribution >= 4 is 5.97 Å². The summed E-state index contributed by atoms with van der Waals surface area (Å²) in [7, 11) is 0. The molecule has 0 aromatic heterocycles. The molecular formula is C27H22F4IO4-. The summed E-state index contributed by atoms with van der Waals surface area (Å²) in [6.07, 6.45) is -1.85. The molecule has 3 atom stereocenters. The van der Waals surface area contributed by atoms with E-state index in [1.165, 1.54) is 35.9 Å². The summed E-state index contributed by atoms with van der Waals surface area (Å²) < 4.78 is 75.0. The van der Waals surface area contributed by atoms with E-state index in [0.29, 0.717) is 12.4 Å². The van der Waals surface area contributed by atoms with Gasteiger partial charge in [-0.05, 0) is 0 Å². The summed E-state index contributed by atoms with van der Waals surface area (Å²) in [4.78, 5) is 12.1. The molecule has 0 radical (unpaired) electrons. The van der Waals surface area contributed by atoms with Crippen molar-refractivity contribution in [3.8, 4) is 11.5 Å². The number of fused-ring (bicyclic) bond motifs is 3. The van der Waals surface area contributed by atoms with Crippen LogP contribution >= 0.6 is 0 Å². The first kappa shape index (κ1) is 24.9. The van der Waals surface area contributed by atoms with Gasteiger partial charge in [-0.25, -0.2) is 0 Å². The molecule has 0 bridgehead atoms. The van der Waals surface area contributed by atoms with Crippen molar-refractivity contribution in [1.82, 2.24) is 0 Å². The van der Waals surface area contributed by atoms with Gasteiger partial charge in [0.05, 0.1) is 0 Å². The normalized spacial score (nSPS) is 22.6. The van der Waals surface area contributed by atoms with Gasteiger partial charge in [0.2, 0.25) is 0 Å². The minimum atomic E-state index is -4.57. The van der Waals surface area contributed by atoms with Crippen LogP contribution in [0.3, 0.4) is 0 Å². The molecule has 2 aromatic rings. The first-order valence-corrected chi connectivity index (χ1v) is 13.9. The van der Waals surface area contributed by atoms with Gasteiger partial charge in [-0.2, -0.15) is 0 Å². The maximum absolute atomic E-state index is 14.5. The van der Waals surface area contributed by atoms with Gasteiger partial charge in [0.25, 0.3) is 0 Å². The Labute approximate surface area is 215 Å². The fourth-order valence-electron chi connectivity index (χ4n) is 4.72. The molecule has 2 aliphatic carbocycles. The van der Waals surface area contributed by atoms with Gasteiger partial charge < -0.3 is 0 Å². The molecule has 0 saturated heterocycles. The number of rotatable bonds is 7. The Morgan fingerprint density at radius 2 is 1.94 bits per heavy atom. The number of halogens is 5. The van der Waals surface area contributed by atoms with Gasteiger partial charge in [-0.15, -0.1) is 0 Å². The predicted molar refractivity (Wildman–Crippen MR) is 119 cm³/mol. The molecule has 0 N–H and O–H groups in total. The molecule has 5 rings (SSSR count). The van der Waals surface area contributed by atoms with Gasteiger partial charge in [0.15, 0.2) is 0 Å². The Kier molecular flexibility index (Phi) is 6.84. The van der Waals surface area contributed by atoms with Gasteiger partial charge >= 0.3 is 216 Å². The number of hydrogen-bond acceptors (Lipinski definition) is 4. The number of ether oxygens (including phenoxy) is 3. The van der Waals surface area contributed by atoms with Gasteiger partial charge in [-0.1, -0.05) is 0 Å². The Morgan fingerprint density at radius 1 is 1.14 bits per heavy atom. The summed E-state index contributed by atoms with van der Waals surface area (Å²) in [5, 5.41) is 0. The number of allylic oxidation sites excluding steroid dienone is 3. The van der Waals surface area contributed by atoms with Crippen molar-refractivity contribution in [1.29, 1.82) is 0 Å². The number of carbonyl (C=O) groups is 1. The van der Waals surface area contributed by atoms with Crippen LogP contribution in [-0.2, 0) is 27.1 Å². The second-order valence-electron chi connectivity index (χ2n) is 8.68. The van der Waals surface area contributed by atoms with Crippen LogP contribution in [0.15, 0.2) is 73.6 Å². The van der Waals surface area contributed by atoms with Crippen LogP contribution in [-0.4, -0.2) is 12.6 Å². The Balaban J connectivity index is 1.25. The molecule has 0 unspecified atom stereocenters. The van der Waals surface area contributed by atoms with Crippen molar-refractivity contribution in [3.05, 3.63) is 90.6 Å². The number of esters is 1. The van der Waals surface area contributed by atoms with E-state index in [1.54, 1.807) is 6.92 Å². The molecule has 1 heterocycles. The first-order chi connectivity index (χ1) is 17.3. The standard InChI is InChI=1S/C27H22F4IO4/c1-2-34-26(33)25-19-11-15-9-18(12-32-13-20(15)24(19)25)35-14-16-10-17(7-8-22(16)28)36-23-6-4-3-5-21(23)27(29,30)31/h3-10,12-13,19,24-25H,2,11,14H2,1H3/q-1/t19-,24-,25+/m1/s1. The number of hydrogen-bond donors (Lipinski definition) is 0. The predicted octanol–water partition coefficient (Wildman–Crippen LogP) is 3.74. The molecule has 0 amide bonds. The third kappa shape index (κ3) is 5.02. The quantitative estimate of drug-likeness (QED) is 0.272. The van der Waals surface area contributed by atoms with E-state index in [2.05, 4.69) is 4.08 Å². The topological polar surface area (TPSA) is 44.8 Å². The van der Waals surface area contributed by atoms with Crippen LogP contribution in [0.4, 0.5) is 17.6 Å². The monoisotopic (exact) mass is 613 g/mol. The van der Waals surface area contributed by atoms with E-state index in [4.69, 9.17) is 14.2 Å². The molecule has 190 valence electrons. The van der Waals surface area contributed by atoms with Crippen molar-refractivity contribution in [3.63, 3.8) is 0 Å². The van der Waals surface area contributed by atoms with Crippen LogP contribution in [0.5, 0.6) is 11.5 Å². The van der Waals surface area contributed by atoms with Crippen LogP contribution < -0.4 is 25.9 Å². The maximum atomic E-state index is 14.5. The first-order valence-electron chi connectivity index (χ1n) is 11.4. The molecule has 2 saturated carbocycles. The van der Waals surface area contributed by atoms with Gasteiger partial charge in [-0.3, -0.25) is 0 Å². The summed E-state index contributed by atoms with van der Waals surface area (Å²) in [5.41, 5.74) is 1.60. The van der Waals surface area contributed by atoms with Gasteiger partial charge in [0, 0.05) is 0 Å². The van der Waals surface area contributed by atoms with E-state index in [0.717, 1.165) is 24.1 Å². The summed E-state index contributed by atoms with van der Waals surface area (Å²) in [5.74, 6) is 0.117. The average Bonchev–Trinajstić information content (AvgIpc) is 3.49. The van der Waals surface area contributed by atoms with E-state index >= 15 is 0 Å². The van der Waals surface area contributed by atoms with E-state index < -0.39 is 38.8 Å². The van der Waals surface area contributed by atoms with Crippen molar-refractivity contribution in [2.45, 2.75) is 26.1 Å². The molecular weight excluding hydrogens is 591 g/mol. The molecule has 2 fully saturated rings. The second-order valence-corrected chi connectivity index (χ2v) is 10.6. The molecule has 3 aliphatic rings. The summed E-state index contributed by atoms with van der Waals surface area (Å²) in [6.45, 7) is 2.08. The Bertz CT molecular complexity index is 1280. The van der Waals surface area contributed by atoms with Gasteiger partial charge in [0.1, 0.15) is 0 Å². The third-order valence-corrected chi connectivity index (χ3v) is 8.42. The van der Waals surface area contributed by atoms with Crippen molar-refractivity contribution < 1.29 is 57.8 Å². The fraction of sp³-hybridized carbons (Fsp3) is 0.296. The molecule has 4 nitrogen and oxygen atoms in total. The van der Waals surface area contributed by atoms with E-state index in [-0.39, 0.29) is 47.4 Å². The zero-order chi connectivity index (χ0) is 25.4. The van der Waals surface area contributed by atoms with Crippen LogP contribution in [0.25, 0.3) is 0 Å².